The minimum Gasteiger partial charge on any atom is -0.396 e. The number of carbonyl (C=O) groups excluding carboxylic acids is 1. The van der Waals surface area contributed by atoms with Gasteiger partial charge >= 0.3 is 5.92 Å². The van der Waals surface area contributed by atoms with Crippen LogP contribution in [-0.2, 0) is 4.79 Å². The number of nitrogens with one attached hydrogen (secondary N) is 1. The first-order valence-corrected chi connectivity index (χ1v) is 6.77. The lowest BCUT2D eigenvalue weighted by Crippen LogP contribution is -2.62. The third kappa shape index (κ3) is 2.25. The fourth-order valence-corrected chi connectivity index (χ4v) is 2.95. The molecule has 1 amide bonds. The van der Waals surface area contributed by atoms with Gasteiger partial charge in [-0.3, -0.25) is 4.79 Å². The fourth-order valence-electron chi connectivity index (χ4n) is 2.95. The SMILES string of the molecule is CC1(CO)CCCC1NC(=O)C(F)(F)C1(O)CCC1. The van der Waals surface area contributed by atoms with Gasteiger partial charge in [-0.1, -0.05) is 13.3 Å². The third-order valence-corrected chi connectivity index (χ3v) is 4.80. The summed E-state index contributed by atoms with van der Waals surface area (Å²) in [4.78, 5) is 11.8. The quantitative estimate of drug-likeness (QED) is 0.723. The van der Waals surface area contributed by atoms with Crippen molar-refractivity contribution in [2.45, 2.75) is 63.0 Å². The first kappa shape index (κ1) is 14.7. The van der Waals surface area contributed by atoms with Crippen molar-refractivity contribution < 1.29 is 23.8 Å². The number of alkyl halides is 2. The summed E-state index contributed by atoms with van der Waals surface area (Å²) < 4.78 is 27.9. The first-order chi connectivity index (χ1) is 8.75. The highest BCUT2D eigenvalue weighted by Crippen LogP contribution is 2.45. The number of aliphatic hydroxyl groups is 2. The zero-order chi connectivity index (χ0) is 14.3. The predicted molar refractivity (Wildman–Crippen MR) is 64.7 cm³/mol. The molecule has 0 aliphatic heterocycles. The number of halogens is 2. The van der Waals surface area contributed by atoms with Crippen molar-refractivity contribution in [2.75, 3.05) is 6.61 Å². The summed E-state index contributed by atoms with van der Waals surface area (Å²) >= 11 is 0. The number of hydrogen-bond donors (Lipinski definition) is 3. The van der Waals surface area contributed by atoms with E-state index in [0.717, 1.165) is 6.42 Å². The average Bonchev–Trinajstić information content (AvgIpc) is 2.68. The maximum atomic E-state index is 13.9. The molecular weight excluding hydrogens is 256 g/mol. The van der Waals surface area contributed by atoms with Crippen LogP contribution in [0, 0.1) is 5.41 Å². The highest BCUT2D eigenvalue weighted by molar-refractivity contribution is 5.85. The van der Waals surface area contributed by atoms with E-state index < -0.39 is 28.9 Å². The van der Waals surface area contributed by atoms with Gasteiger partial charge < -0.3 is 15.5 Å². The fraction of sp³-hybridized carbons (Fsp3) is 0.923. The second kappa shape index (κ2) is 4.66. The van der Waals surface area contributed by atoms with Crippen LogP contribution in [-0.4, -0.2) is 40.3 Å². The second-order valence-electron chi connectivity index (χ2n) is 6.19. The second-order valence-corrected chi connectivity index (χ2v) is 6.19. The van der Waals surface area contributed by atoms with Crippen molar-refractivity contribution >= 4 is 5.91 Å². The van der Waals surface area contributed by atoms with E-state index in [-0.39, 0.29) is 19.4 Å². The zero-order valence-corrected chi connectivity index (χ0v) is 11.1. The molecule has 2 unspecified atom stereocenters. The minimum atomic E-state index is -3.76. The topological polar surface area (TPSA) is 69.6 Å². The molecule has 2 fully saturated rings. The standard InChI is InChI=1S/C13H21F2NO3/c1-11(8-17)5-2-4-9(11)16-10(18)13(14,15)12(19)6-3-7-12/h9,17,19H,2-8H2,1H3,(H,16,18). The van der Waals surface area contributed by atoms with E-state index in [2.05, 4.69) is 5.32 Å². The van der Waals surface area contributed by atoms with E-state index in [1.54, 1.807) is 6.92 Å². The Kier molecular flexibility index (Phi) is 3.60. The van der Waals surface area contributed by atoms with Gasteiger partial charge in [0.25, 0.3) is 5.91 Å². The summed E-state index contributed by atoms with van der Waals surface area (Å²) in [5.74, 6) is -5.18. The molecule has 2 aliphatic rings. The van der Waals surface area contributed by atoms with Gasteiger partial charge in [-0.05, 0) is 32.1 Å². The van der Waals surface area contributed by atoms with Crippen LogP contribution >= 0.6 is 0 Å². The first-order valence-electron chi connectivity index (χ1n) is 6.77. The van der Waals surface area contributed by atoms with E-state index >= 15 is 0 Å². The molecule has 0 saturated heterocycles. The molecule has 0 bridgehead atoms. The number of rotatable bonds is 4. The Morgan fingerprint density at radius 3 is 2.47 bits per heavy atom. The van der Waals surface area contributed by atoms with Crippen molar-refractivity contribution in [3.8, 4) is 0 Å². The molecule has 3 N–H and O–H groups in total. The monoisotopic (exact) mass is 277 g/mol. The van der Waals surface area contributed by atoms with Crippen LogP contribution in [0.3, 0.4) is 0 Å². The van der Waals surface area contributed by atoms with Crippen LogP contribution in [0.1, 0.15) is 45.4 Å². The molecule has 0 spiro atoms. The van der Waals surface area contributed by atoms with E-state index in [9.17, 15) is 23.8 Å². The largest absolute Gasteiger partial charge is 0.396 e. The van der Waals surface area contributed by atoms with Crippen LogP contribution in [0.15, 0.2) is 0 Å². The Bertz CT molecular complexity index is 371. The number of aliphatic hydroxyl groups excluding tert-OH is 1. The molecular formula is C13H21F2NO3. The molecule has 0 aromatic rings. The third-order valence-electron chi connectivity index (χ3n) is 4.80. The summed E-state index contributed by atoms with van der Waals surface area (Å²) in [6.45, 7) is 1.63. The van der Waals surface area contributed by atoms with E-state index in [4.69, 9.17) is 0 Å². The summed E-state index contributed by atoms with van der Waals surface area (Å²) in [6.07, 6.45) is 2.49. The minimum absolute atomic E-state index is 0.0463. The van der Waals surface area contributed by atoms with Gasteiger partial charge in [0.15, 0.2) is 0 Å². The van der Waals surface area contributed by atoms with Gasteiger partial charge in [0, 0.05) is 11.5 Å². The summed E-state index contributed by atoms with van der Waals surface area (Å²) in [6, 6.07) is -0.459. The molecule has 4 nitrogen and oxygen atoms in total. The molecule has 2 saturated carbocycles. The lowest BCUT2D eigenvalue weighted by molar-refractivity contribution is -0.216. The van der Waals surface area contributed by atoms with Gasteiger partial charge in [-0.25, -0.2) is 0 Å². The van der Waals surface area contributed by atoms with Gasteiger partial charge in [-0.2, -0.15) is 8.78 Å². The van der Waals surface area contributed by atoms with Crippen LogP contribution in [0.25, 0.3) is 0 Å². The zero-order valence-electron chi connectivity index (χ0n) is 11.1. The van der Waals surface area contributed by atoms with Crippen molar-refractivity contribution in [3.63, 3.8) is 0 Å². The van der Waals surface area contributed by atoms with Gasteiger partial charge in [0.2, 0.25) is 0 Å². The molecule has 0 heterocycles. The lowest BCUT2D eigenvalue weighted by atomic mass is 9.75. The Labute approximate surface area is 111 Å². The summed E-state index contributed by atoms with van der Waals surface area (Å²) in [7, 11) is 0. The summed E-state index contributed by atoms with van der Waals surface area (Å²) in [5.41, 5.74) is -2.74. The van der Waals surface area contributed by atoms with E-state index in [0.29, 0.717) is 19.3 Å². The Hall–Kier alpha value is -0.750. The van der Waals surface area contributed by atoms with Gasteiger partial charge in [-0.15, -0.1) is 0 Å². The molecule has 0 aromatic carbocycles. The van der Waals surface area contributed by atoms with Crippen molar-refractivity contribution in [1.82, 2.24) is 5.32 Å². The normalized spacial score (nSPS) is 33.8. The van der Waals surface area contributed by atoms with E-state index in [1.165, 1.54) is 0 Å². The summed E-state index contributed by atoms with van der Waals surface area (Å²) in [5, 5.41) is 21.4. The average molecular weight is 277 g/mol. The highest BCUT2D eigenvalue weighted by atomic mass is 19.3. The molecule has 110 valence electrons. The van der Waals surface area contributed by atoms with Gasteiger partial charge in [0.05, 0.1) is 6.61 Å². The van der Waals surface area contributed by atoms with Crippen LogP contribution < -0.4 is 5.32 Å². The molecule has 2 aliphatic carbocycles. The molecule has 6 heteroatoms. The molecule has 19 heavy (non-hydrogen) atoms. The van der Waals surface area contributed by atoms with Crippen molar-refractivity contribution in [2.24, 2.45) is 5.41 Å². The molecule has 0 aromatic heterocycles. The maximum absolute atomic E-state index is 13.9. The molecule has 2 rings (SSSR count). The number of amides is 1. The highest BCUT2D eigenvalue weighted by Gasteiger charge is 2.61. The Balaban J connectivity index is 2.05. The van der Waals surface area contributed by atoms with Gasteiger partial charge in [0.1, 0.15) is 5.60 Å². The lowest BCUT2D eigenvalue weighted by Gasteiger charge is -2.42. The Morgan fingerprint density at radius 2 is 2.00 bits per heavy atom. The maximum Gasteiger partial charge on any atom is 0.352 e. The predicted octanol–water partition coefficient (Wildman–Crippen LogP) is 1.20. The van der Waals surface area contributed by atoms with Crippen LogP contribution in [0.4, 0.5) is 8.78 Å². The van der Waals surface area contributed by atoms with Crippen LogP contribution in [0.5, 0.6) is 0 Å². The van der Waals surface area contributed by atoms with Crippen molar-refractivity contribution in [1.29, 1.82) is 0 Å². The number of carbonyl (C=O) groups is 1. The Morgan fingerprint density at radius 1 is 1.37 bits per heavy atom. The molecule has 0 radical (unpaired) electrons. The van der Waals surface area contributed by atoms with E-state index in [1.807, 2.05) is 0 Å². The van der Waals surface area contributed by atoms with Crippen molar-refractivity contribution in [3.05, 3.63) is 0 Å². The van der Waals surface area contributed by atoms with Crippen LogP contribution in [0.2, 0.25) is 0 Å². The smallest absolute Gasteiger partial charge is 0.352 e. The molecule has 2 atom stereocenters. The number of hydrogen-bond acceptors (Lipinski definition) is 3.